The van der Waals surface area contributed by atoms with Crippen molar-refractivity contribution >= 4 is 29.1 Å². The smallest absolute Gasteiger partial charge is 0.258 e. The average Bonchev–Trinajstić information content (AvgIpc) is 2.50. The minimum absolute atomic E-state index is 0.0157. The molecule has 0 spiro atoms. The standard InChI is InChI=1S/C18H18ClFN2O2/c1-11-6-4-7-12(2)17(11)21-15(23)10-22(3)18(24)16-13(19)8-5-9-14(16)20/h4-9H,10H2,1-3H3,(H,21,23). The van der Waals surface area contributed by atoms with Gasteiger partial charge in [0.25, 0.3) is 5.91 Å². The first-order chi connectivity index (χ1) is 11.3. The monoisotopic (exact) mass is 348 g/mol. The summed E-state index contributed by atoms with van der Waals surface area (Å²) in [6.07, 6.45) is 0. The summed E-state index contributed by atoms with van der Waals surface area (Å²) in [5.41, 5.74) is 2.33. The lowest BCUT2D eigenvalue weighted by Gasteiger charge is -2.19. The Balaban J connectivity index is 2.10. The van der Waals surface area contributed by atoms with E-state index in [1.54, 1.807) is 0 Å². The highest BCUT2D eigenvalue weighted by Crippen LogP contribution is 2.21. The maximum absolute atomic E-state index is 13.8. The molecule has 0 aliphatic heterocycles. The molecule has 0 heterocycles. The van der Waals surface area contributed by atoms with Gasteiger partial charge in [-0.2, -0.15) is 0 Å². The van der Waals surface area contributed by atoms with Gasteiger partial charge < -0.3 is 10.2 Å². The largest absolute Gasteiger partial charge is 0.332 e. The highest BCUT2D eigenvalue weighted by Gasteiger charge is 2.21. The van der Waals surface area contributed by atoms with Gasteiger partial charge in [0.05, 0.1) is 17.1 Å². The Morgan fingerprint density at radius 3 is 2.29 bits per heavy atom. The third-order valence-electron chi connectivity index (χ3n) is 3.65. The first kappa shape index (κ1) is 17.9. The number of hydrogen-bond donors (Lipinski definition) is 1. The second kappa shape index (κ2) is 7.45. The summed E-state index contributed by atoms with van der Waals surface area (Å²) in [6, 6.07) is 9.68. The van der Waals surface area contributed by atoms with Gasteiger partial charge in [-0.15, -0.1) is 0 Å². The van der Waals surface area contributed by atoms with Crippen LogP contribution in [-0.2, 0) is 4.79 Å². The number of amides is 2. The zero-order valence-corrected chi connectivity index (χ0v) is 14.4. The van der Waals surface area contributed by atoms with Crippen molar-refractivity contribution in [3.63, 3.8) is 0 Å². The summed E-state index contributed by atoms with van der Waals surface area (Å²) in [4.78, 5) is 25.7. The lowest BCUT2D eigenvalue weighted by atomic mass is 10.1. The van der Waals surface area contributed by atoms with Gasteiger partial charge in [0.15, 0.2) is 0 Å². The third-order valence-corrected chi connectivity index (χ3v) is 3.96. The Morgan fingerprint density at radius 1 is 1.12 bits per heavy atom. The summed E-state index contributed by atoms with van der Waals surface area (Å²) in [7, 11) is 1.43. The van der Waals surface area contributed by atoms with Crippen LogP contribution in [-0.4, -0.2) is 30.3 Å². The Hall–Kier alpha value is -2.40. The highest BCUT2D eigenvalue weighted by molar-refractivity contribution is 6.33. The Morgan fingerprint density at radius 2 is 1.71 bits per heavy atom. The molecule has 0 saturated carbocycles. The summed E-state index contributed by atoms with van der Waals surface area (Å²) in [5.74, 6) is -1.72. The molecule has 0 saturated heterocycles. The quantitative estimate of drug-likeness (QED) is 0.913. The molecule has 126 valence electrons. The SMILES string of the molecule is Cc1cccc(C)c1NC(=O)CN(C)C(=O)c1c(F)cccc1Cl. The molecular weight excluding hydrogens is 331 g/mol. The van der Waals surface area contributed by atoms with Crippen LogP contribution in [0.5, 0.6) is 0 Å². The van der Waals surface area contributed by atoms with Crippen molar-refractivity contribution in [3.05, 3.63) is 63.9 Å². The molecule has 0 aromatic heterocycles. The van der Waals surface area contributed by atoms with Crippen molar-refractivity contribution in [3.8, 4) is 0 Å². The van der Waals surface area contributed by atoms with Crippen LogP contribution in [0.1, 0.15) is 21.5 Å². The maximum Gasteiger partial charge on any atom is 0.258 e. The summed E-state index contributed by atoms with van der Waals surface area (Å²) in [5, 5.41) is 2.80. The molecule has 2 aromatic carbocycles. The van der Waals surface area contributed by atoms with Crippen LogP contribution in [0.25, 0.3) is 0 Å². The molecule has 0 aliphatic carbocycles. The predicted octanol–water partition coefficient (Wildman–Crippen LogP) is 3.81. The van der Waals surface area contributed by atoms with E-state index in [2.05, 4.69) is 5.32 Å². The first-order valence-electron chi connectivity index (χ1n) is 7.36. The number of likely N-dealkylation sites (N-methyl/N-ethyl adjacent to an activating group) is 1. The molecule has 0 bridgehead atoms. The van der Waals surface area contributed by atoms with Gasteiger partial charge in [-0.05, 0) is 37.1 Å². The van der Waals surface area contributed by atoms with Crippen LogP contribution in [0.15, 0.2) is 36.4 Å². The maximum atomic E-state index is 13.8. The van der Waals surface area contributed by atoms with Crippen LogP contribution < -0.4 is 5.32 Å². The van der Waals surface area contributed by atoms with Gasteiger partial charge in [0, 0.05) is 12.7 Å². The number of hydrogen-bond acceptors (Lipinski definition) is 2. The van der Waals surface area contributed by atoms with Gasteiger partial charge in [-0.3, -0.25) is 9.59 Å². The van der Waals surface area contributed by atoms with Crippen molar-refractivity contribution < 1.29 is 14.0 Å². The van der Waals surface area contributed by atoms with Crippen molar-refractivity contribution in [2.24, 2.45) is 0 Å². The van der Waals surface area contributed by atoms with Crippen molar-refractivity contribution in [2.45, 2.75) is 13.8 Å². The number of rotatable bonds is 4. The van der Waals surface area contributed by atoms with E-state index in [9.17, 15) is 14.0 Å². The molecule has 0 fully saturated rings. The Labute approximate surface area is 145 Å². The number of benzene rings is 2. The minimum atomic E-state index is -0.713. The highest BCUT2D eigenvalue weighted by atomic mass is 35.5. The molecule has 24 heavy (non-hydrogen) atoms. The fraction of sp³-hybridized carbons (Fsp3) is 0.222. The van der Waals surface area contributed by atoms with E-state index in [0.29, 0.717) is 5.69 Å². The molecule has 0 unspecified atom stereocenters. The second-order valence-corrected chi connectivity index (χ2v) is 5.98. The molecule has 0 atom stereocenters. The summed E-state index contributed by atoms with van der Waals surface area (Å²) < 4.78 is 13.8. The van der Waals surface area contributed by atoms with Crippen molar-refractivity contribution in [1.29, 1.82) is 0 Å². The molecule has 1 N–H and O–H groups in total. The molecule has 4 nitrogen and oxygen atoms in total. The number of carbonyl (C=O) groups excluding carboxylic acids is 2. The number of aryl methyl sites for hydroxylation is 2. The molecule has 0 aliphatic rings. The summed E-state index contributed by atoms with van der Waals surface area (Å²) in [6.45, 7) is 3.56. The van der Waals surface area contributed by atoms with E-state index in [1.165, 1.54) is 19.2 Å². The van der Waals surface area contributed by atoms with Gasteiger partial charge in [-0.25, -0.2) is 4.39 Å². The molecule has 2 amide bonds. The van der Waals surface area contributed by atoms with E-state index in [4.69, 9.17) is 11.6 Å². The lowest BCUT2D eigenvalue weighted by Crippen LogP contribution is -2.35. The zero-order valence-electron chi connectivity index (χ0n) is 13.7. The fourth-order valence-electron chi connectivity index (χ4n) is 2.37. The summed E-state index contributed by atoms with van der Waals surface area (Å²) >= 11 is 5.89. The number of carbonyl (C=O) groups is 2. The first-order valence-corrected chi connectivity index (χ1v) is 7.74. The Kier molecular flexibility index (Phi) is 5.57. The predicted molar refractivity (Wildman–Crippen MR) is 92.9 cm³/mol. The van der Waals surface area contributed by atoms with Crippen LogP contribution in [0.3, 0.4) is 0 Å². The van der Waals surface area contributed by atoms with Gasteiger partial charge in [0.2, 0.25) is 5.91 Å². The zero-order chi connectivity index (χ0) is 17.9. The van der Waals surface area contributed by atoms with Crippen LogP contribution in [0, 0.1) is 19.7 Å². The number of para-hydroxylation sites is 1. The van der Waals surface area contributed by atoms with Crippen LogP contribution in [0.2, 0.25) is 5.02 Å². The lowest BCUT2D eigenvalue weighted by molar-refractivity contribution is -0.116. The molecule has 2 aromatic rings. The number of nitrogens with one attached hydrogen (secondary N) is 1. The molecular formula is C18H18ClFN2O2. The van der Waals surface area contributed by atoms with Crippen LogP contribution in [0.4, 0.5) is 10.1 Å². The van der Waals surface area contributed by atoms with E-state index >= 15 is 0 Å². The molecule has 2 rings (SSSR count). The number of halogens is 2. The number of anilines is 1. The van der Waals surface area contributed by atoms with E-state index in [1.807, 2.05) is 32.0 Å². The molecule has 6 heteroatoms. The van der Waals surface area contributed by atoms with Gasteiger partial charge in [-0.1, -0.05) is 35.9 Å². The average molecular weight is 349 g/mol. The van der Waals surface area contributed by atoms with Gasteiger partial charge in [0.1, 0.15) is 5.82 Å². The second-order valence-electron chi connectivity index (χ2n) is 5.57. The van der Waals surface area contributed by atoms with Gasteiger partial charge >= 0.3 is 0 Å². The topological polar surface area (TPSA) is 49.4 Å². The fourth-order valence-corrected chi connectivity index (χ4v) is 2.61. The third kappa shape index (κ3) is 3.92. The Bertz CT molecular complexity index is 752. The van der Waals surface area contributed by atoms with Crippen LogP contribution >= 0.6 is 11.6 Å². The minimum Gasteiger partial charge on any atom is -0.332 e. The van der Waals surface area contributed by atoms with E-state index in [-0.39, 0.29) is 23.0 Å². The normalized spacial score (nSPS) is 10.4. The molecule has 0 radical (unpaired) electrons. The van der Waals surface area contributed by atoms with Crippen molar-refractivity contribution in [1.82, 2.24) is 4.90 Å². The van der Waals surface area contributed by atoms with E-state index in [0.717, 1.165) is 22.1 Å². The number of nitrogens with zero attached hydrogens (tertiary/aromatic N) is 1. The van der Waals surface area contributed by atoms with E-state index < -0.39 is 11.7 Å². The van der Waals surface area contributed by atoms with Crippen molar-refractivity contribution in [2.75, 3.05) is 18.9 Å².